The Kier molecular flexibility index (Phi) is 6.62. The number of thiazole rings is 1. The second-order valence-electron chi connectivity index (χ2n) is 9.28. The van der Waals surface area contributed by atoms with E-state index in [0.717, 1.165) is 73.8 Å². The predicted molar refractivity (Wildman–Crippen MR) is 134 cm³/mol. The van der Waals surface area contributed by atoms with Crippen molar-refractivity contribution in [2.75, 3.05) is 31.9 Å². The number of hydrogen-bond donors (Lipinski definition) is 3. The van der Waals surface area contributed by atoms with E-state index in [4.69, 9.17) is 5.73 Å². The molecule has 2 saturated heterocycles. The highest BCUT2D eigenvalue weighted by Crippen LogP contribution is 2.26. The van der Waals surface area contributed by atoms with Crippen molar-refractivity contribution in [3.8, 4) is 11.1 Å². The van der Waals surface area contributed by atoms with Gasteiger partial charge in [0.25, 0.3) is 5.91 Å². The molecule has 0 bridgehead atoms. The van der Waals surface area contributed by atoms with Gasteiger partial charge in [-0.1, -0.05) is 0 Å². The van der Waals surface area contributed by atoms with E-state index in [0.29, 0.717) is 11.6 Å². The maximum absolute atomic E-state index is 13.1. The van der Waals surface area contributed by atoms with E-state index in [1.165, 1.54) is 4.88 Å². The summed E-state index contributed by atoms with van der Waals surface area (Å²) in [6, 6.07) is 2.33. The molecule has 2 aliphatic heterocycles. The highest BCUT2D eigenvalue weighted by Gasteiger charge is 2.26. The van der Waals surface area contributed by atoms with Crippen LogP contribution < -0.4 is 16.4 Å². The Balaban J connectivity index is 1.23. The van der Waals surface area contributed by atoms with Gasteiger partial charge in [-0.15, -0.1) is 11.3 Å². The molecule has 0 aliphatic carbocycles. The first kappa shape index (κ1) is 22.9. The lowest BCUT2D eigenvalue weighted by molar-refractivity contribution is 0.0938. The molecule has 10 heteroatoms. The van der Waals surface area contributed by atoms with Gasteiger partial charge in [-0.2, -0.15) is 5.10 Å². The molecule has 4 N–H and O–H groups in total. The first-order valence-corrected chi connectivity index (χ1v) is 12.7. The van der Waals surface area contributed by atoms with Crippen molar-refractivity contribution in [3.63, 3.8) is 0 Å². The number of piperidine rings is 1. The summed E-state index contributed by atoms with van der Waals surface area (Å²) >= 11 is 1.75. The molecule has 34 heavy (non-hydrogen) atoms. The van der Waals surface area contributed by atoms with E-state index in [9.17, 15) is 4.79 Å². The molecule has 0 saturated carbocycles. The molecule has 180 valence electrons. The molecular weight excluding hydrogens is 448 g/mol. The number of pyridine rings is 1. The maximum atomic E-state index is 13.1. The fraction of sp³-hybridized carbons (Fsp3) is 0.500. The molecule has 0 aromatic carbocycles. The quantitative estimate of drug-likeness (QED) is 0.497. The Hall–Kier alpha value is -2.82. The molecule has 0 unspecified atom stereocenters. The number of anilines is 1. The number of rotatable bonds is 6. The predicted octanol–water partition coefficient (Wildman–Crippen LogP) is 2.53. The second kappa shape index (κ2) is 9.81. The van der Waals surface area contributed by atoms with E-state index >= 15 is 0 Å². The van der Waals surface area contributed by atoms with Crippen LogP contribution in [0.1, 0.15) is 51.2 Å². The van der Waals surface area contributed by atoms with Gasteiger partial charge < -0.3 is 16.4 Å². The number of hydrogen-bond acceptors (Lipinski definition) is 8. The second-order valence-corrected chi connectivity index (χ2v) is 10.6. The summed E-state index contributed by atoms with van der Waals surface area (Å²) in [5.41, 5.74) is 9.42. The first-order chi connectivity index (χ1) is 16.5. The number of amides is 1. The molecule has 5 rings (SSSR count). The summed E-state index contributed by atoms with van der Waals surface area (Å²) in [6.45, 7) is 8.77. The van der Waals surface area contributed by atoms with Gasteiger partial charge in [0.05, 0.1) is 28.5 Å². The number of likely N-dealkylation sites (tertiary alicyclic amines) is 1. The minimum atomic E-state index is -0.172. The average molecular weight is 481 g/mol. The molecule has 3 aromatic rings. The van der Waals surface area contributed by atoms with Crippen LogP contribution in [0.25, 0.3) is 11.1 Å². The monoisotopic (exact) mass is 480 g/mol. The van der Waals surface area contributed by atoms with Crippen LogP contribution in [0.5, 0.6) is 0 Å². The van der Waals surface area contributed by atoms with Crippen molar-refractivity contribution in [3.05, 3.63) is 45.8 Å². The van der Waals surface area contributed by atoms with Crippen molar-refractivity contribution in [2.24, 2.45) is 0 Å². The summed E-state index contributed by atoms with van der Waals surface area (Å²) in [7, 11) is 0. The molecular formula is C24H32N8OS. The van der Waals surface area contributed by atoms with Crippen molar-refractivity contribution < 1.29 is 4.79 Å². The fourth-order valence-corrected chi connectivity index (χ4v) is 5.83. The van der Waals surface area contributed by atoms with Gasteiger partial charge in [-0.25, -0.2) is 9.97 Å². The van der Waals surface area contributed by atoms with Crippen LogP contribution in [0.15, 0.2) is 24.7 Å². The lowest BCUT2D eigenvalue weighted by Gasteiger charge is -2.22. The van der Waals surface area contributed by atoms with Gasteiger partial charge in [0.15, 0.2) is 0 Å². The average Bonchev–Trinajstić information content (AvgIpc) is 3.56. The number of nitrogens with two attached hydrogens (primary N) is 1. The third-order valence-corrected chi connectivity index (χ3v) is 7.81. The van der Waals surface area contributed by atoms with Crippen LogP contribution in [0.3, 0.4) is 0 Å². The molecule has 1 atom stereocenters. The van der Waals surface area contributed by atoms with E-state index in [2.05, 4.69) is 37.5 Å². The smallest absolute Gasteiger partial charge is 0.255 e. The standard InChI is InChI=1S/C24H32N8OS/c1-15-22(34-16(2)29-15)14-31-8-5-19(13-31)30-24(33)21-9-17(10-27-23(21)25)18-11-28-32(12-18)20-3-6-26-7-4-20/h9-12,19-20,26H,3-8,13-14H2,1-2H3,(H2,25,27)(H,30,33)/t19-/m1/s1. The molecule has 0 radical (unpaired) electrons. The Morgan fingerprint density at radius 2 is 2.06 bits per heavy atom. The number of nitrogens with one attached hydrogen (secondary N) is 2. The van der Waals surface area contributed by atoms with Gasteiger partial charge >= 0.3 is 0 Å². The Labute approximate surface area is 203 Å². The van der Waals surface area contributed by atoms with Gasteiger partial charge in [0.1, 0.15) is 5.82 Å². The molecule has 9 nitrogen and oxygen atoms in total. The number of nitrogen functional groups attached to an aromatic ring is 1. The zero-order chi connectivity index (χ0) is 23.7. The third-order valence-electron chi connectivity index (χ3n) is 6.76. The normalized spacial score (nSPS) is 19.5. The molecule has 3 aromatic heterocycles. The lowest BCUT2D eigenvalue weighted by atomic mass is 10.1. The van der Waals surface area contributed by atoms with Crippen LogP contribution in [0.4, 0.5) is 5.82 Å². The molecule has 5 heterocycles. The van der Waals surface area contributed by atoms with E-state index in [-0.39, 0.29) is 17.8 Å². The topological polar surface area (TPSA) is 114 Å². The molecule has 2 aliphatic rings. The lowest BCUT2D eigenvalue weighted by Crippen LogP contribution is -2.37. The fourth-order valence-electron chi connectivity index (χ4n) is 4.85. The van der Waals surface area contributed by atoms with Crippen molar-refractivity contribution in [2.45, 2.75) is 51.7 Å². The minimum absolute atomic E-state index is 0.0903. The van der Waals surface area contributed by atoms with Crippen LogP contribution in [0, 0.1) is 13.8 Å². The SMILES string of the molecule is Cc1nc(C)c(CN2CC[C@@H](NC(=O)c3cc(-c4cnn(C5CCNCC5)c4)cnc3N)C2)s1. The summed E-state index contributed by atoms with van der Waals surface area (Å²) in [4.78, 5) is 25.6. The van der Waals surface area contributed by atoms with Gasteiger partial charge in [0, 0.05) is 54.1 Å². The summed E-state index contributed by atoms with van der Waals surface area (Å²) in [5, 5.41) is 12.2. The molecule has 2 fully saturated rings. The molecule has 1 amide bonds. The van der Waals surface area contributed by atoms with Crippen LogP contribution >= 0.6 is 11.3 Å². The van der Waals surface area contributed by atoms with E-state index in [1.54, 1.807) is 17.5 Å². The van der Waals surface area contributed by atoms with Crippen LogP contribution in [0.2, 0.25) is 0 Å². The summed E-state index contributed by atoms with van der Waals surface area (Å²) in [5.74, 6) is 0.0758. The number of aryl methyl sites for hydroxylation is 2. The Morgan fingerprint density at radius 3 is 2.82 bits per heavy atom. The van der Waals surface area contributed by atoms with E-state index < -0.39 is 0 Å². The van der Waals surface area contributed by atoms with Crippen molar-refractivity contribution >= 4 is 23.1 Å². The number of nitrogens with zero attached hydrogens (tertiary/aromatic N) is 5. The van der Waals surface area contributed by atoms with E-state index in [1.807, 2.05) is 30.1 Å². The largest absolute Gasteiger partial charge is 0.383 e. The number of carbonyl (C=O) groups is 1. The maximum Gasteiger partial charge on any atom is 0.255 e. The highest BCUT2D eigenvalue weighted by molar-refractivity contribution is 7.11. The first-order valence-electron chi connectivity index (χ1n) is 11.9. The third kappa shape index (κ3) is 4.98. The van der Waals surface area contributed by atoms with Crippen molar-refractivity contribution in [1.29, 1.82) is 0 Å². The van der Waals surface area contributed by atoms with Gasteiger partial charge in [0.2, 0.25) is 0 Å². The van der Waals surface area contributed by atoms with Crippen LogP contribution in [-0.2, 0) is 6.54 Å². The van der Waals surface area contributed by atoms with Crippen LogP contribution in [-0.4, -0.2) is 62.8 Å². The van der Waals surface area contributed by atoms with Gasteiger partial charge in [-0.3, -0.25) is 14.4 Å². The number of aromatic nitrogens is 4. The van der Waals surface area contributed by atoms with Gasteiger partial charge in [-0.05, 0) is 52.3 Å². The molecule has 0 spiro atoms. The van der Waals surface area contributed by atoms with Crippen molar-refractivity contribution in [1.82, 2.24) is 35.3 Å². The zero-order valence-corrected chi connectivity index (χ0v) is 20.6. The minimum Gasteiger partial charge on any atom is -0.383 e. The Morgan fingerprint density at radius 1 is 1.24 bits per heavy atom. The highest BCUT2D eigenvalue weighted by atomic mass is 32.1. The summed E-state index contributed by atoms with van der Waals surface area (Å²) in [6.07, 6.45) is 8.65. The summed E-state index contributed by atoms with van der Waals surface area (Å²) < 4.78 is 2.03. The Bertz CT molecular complexity index is 1170. The zero-order valence-electron chi connectivity index (χ0n) is 19.8. The number of carbonyl (C=O) groups excluding carboxylic acids is 1.